The van der Waals surface area contributed by atoms with E-state index in [1.54, 1.807) is 0 Å². The Labute approximate surface area is 133 Å². The summed E-state index contributed by atoms with van der Waals surface area (Å²) < 4.78 is 7.20. The molecule has 0 bridgehead atoms. The molecular weight excluding hydrogens is 373 g/mol. The Hall–Kier alpha value is 0.160. The minimum atomic E-state index is 0.0759. The first-order valence-corrected chi connectivity index (χ1v) is 8.40. The molecule has 1 spiro atoms. The summed E-state index contributed by atoms with van der Waals surface area (Å²) in [6, 6.07) is 6.08. The zero-order valence-electron chi connectivity index (χ0n) is 10.9. The molecule has 1 saturated carbocycles. The van der Waals surface area contributed by atoms with E-state index in [0.717, 1.165) is 24.5 Å². The highest BCUT2D eigenvalue weighted by Gasteiger charge is 2.44. The molecule has 1 aliphatic heterocycles. The average molecular weight is 392 g/mol. The maximum atomic E-state index is 6.52. The zero-order chi connectivity index (χ0) is 13.5. The Morgan fingerprint density at radius 1 is 1.42 bits per heavy atom. The van der Waals surface area contributed by atoms with Crippen molar-refractivity contribution >= 4 is 34.2 Å². The van der Waals surface area contributed by atoms with Crippen molar-refractivity contribution in [1.29, 1.82) is 0 Å². The second-order valence-electron chi connectivity index (χ2n) is 5.83. The Morgan fingerprint density at radius 2 is 2.21 bits per heavy atom. The summed E-state index contributed by atoms with van der Waals surface area (Å²) in [7, 11) is 0. The van der Waals surface area contributed by atoms with Crippen molar-refractivity contribution in [3.05, 3.63) is 32.4 Å². The molecule has 104 valence electrons. The summed E-state index contributed by atoms with van der Waals surface area (Å²) in [5, 5.41) is 0.774. The van der Waals surface area contributed by atoms with Crippen LogP contribution in [-0.2, 0) is 4.74 Å². The molecule has 0 aromatic heterocycles. The van der Waals surface area contributed by atoms with Crippen molar-refractivity contribution < 1.29 is 4.74 Å². The fraction of sp³-hybridized carbons (Fsp3) is 0.600. The Morgan fingerprint density at radius 3 is 2.89 bits per heavy atom. The summed E-state index contributed by atoms with van der Waals surface area (Å²) >= 11 is 8.46. The van der Waals surface area contributed by atoms with E-state index in [0.29, 0.717) is 5.92 Å². The van der Waals surface area contributed by atoms with Crippen LogP contribution >= 0.6 is 34.2 Å². The molecular formula is C15H19ClINO. The molecule has 2 fully saturated rings. The summed E-state index contributed by atoms with van der Waals surface area (Å²) in [4.78, 5) is 0. The summed E-state index contributed by atoms with van der Waals surface area (Å²) in [6.45, 7) is 0.857. The van der Waals surface area contributed by atoms with Crippen LogP contribution < -0.4 is 5.73 Å². The first kappa shape index (κ1) is 14.1. The number of rotatable bonds is 2. The van der Waals surface area contributed by atoms with Crippen LogP contribution in [0, 0.1) is 9.49 Å². The molecule has 2 aliphatic rings. The molecule has 2 N–H and O–H groups in total. The standard InChI is InChI=1S/C15H19ClINO/c16-11-2-3-13(17)12(8-11)14(18)10-4-7-19-15(9-10)5-1-6-15/h2-3,8,10,14H,1,4-7,9,18H2. The van der Waals surface area contributed by atoms with Crippen LogP contribution in [0.15, 0.2) is 18.2 Å². The van der Waals surface area contributed by atoms with Crippen molar-refractivity contribution in [3.63, 3.8) is 0 Å². The van der Waals surface area contributed by atoms with Gasteiger partial charge in [0.05, 0.1) is 5.60 Å². The quantitative estimate of drug-likeness (QED) is 0.763. The lowest BCUT2D eigenvalue weighted by atomic mass is 9.70. The van der Waals surface area contributed by atoms with Crippen LogP contribution in [0.2, 0.25) is 5.02 Å². The Balaban J connectivity index is 1.79. The van der Waals surface area contributed by atoms with E-state index >= 15 is 0 Å². The Bertz CT molecular complexity index is 475. The summed E-state index contributed by atoms with van der Waals surface area (Å²) in [6.07, 6.45) is 5.89. The van der Waals surface area contributed by atoms with Gasteiger partial charge in [0.2, 0.25) is 0 Å². The first-order chi connectivity index (χ1) is 9.10. The molecule has 4 heteroatoms. The number of hydrogen-bond donors (Lipinski definition) is 1. The number of nitrogens with two attached hydrogens (primary N) is 1. The van der Waals surface area contributed by atoms with Gasteiger partial charge in [-0.05, 0) is 84.4 Å². The van der Waals surface area contributed by atoms with Gasteiger partial charge in [-0.2, -0.15) is 0 Å². The van der Waals surface area contributed by atoms with Gasteiger partial charge in [0.1, 0.15) is 0 Å². The predicted octanol–water partition coefficient (Wildman–Crippen LogP) is 4.29. The fourth-order valence-corrected chi connectivity index (χ4v) is 4.19. The second kappa shape index (κ2) is 5.51. The summed E-state index contributed by atoms with van der Waals surface area (Å²) in [5.74, 6) is 0.515. The molecule has 1 aromatic rings. The maximum Gasteiger partial charge on any atom is 0.0686 e. The van der Waals surface area contributed by atoms with Crippen molar-refractivity contribution in [2.24, 2.45) is 11.7 Å². The van der Waals surface area contributed by atoms with E-state index < -0.39 is 0 Å². The third kappa shape index (κ3) is 2.80. The highest BCUT2D eigenvalue weighted by atomic mass is 127. The topological polar surface area (TPSA) is 35.2 Å². The third-order valence-electron chi connectivity index (χ3n) is 4.62. The number of hydrogen-bond acceptors (Lipinski definition) is 2. The number of halogens is 2. The van der Waals surface area contributed by atoms with Crippen LogP contribution in [-0.4, -0.2) is 12.2 Å². The largest absolute Gasteiger partial charge is 0.375 e. The number of benzene rings is 1. The van der Waals surface area contributed by atoms with E-state index in [2.05, 4.69) is 28.7 Å². The van der Waals surface area contributed by atoms with Crippen LogP contribution in [0.25, 0.3) is 0 Å². The zero-order valence-corrected chi connectivity index (χ0v) is 13.8. The van der Waals surface area contributed by atoms with Gasteiger partial charge in [-0.1, -0.05) is 11.6 Å². The van der Waals surface area contributed by atoms with Gasteiger partial charge in [0.15, 0.2) is 0 Å². The molecule has 0 radical (unpaired) electrons. The van der Waals surface area contributed by atoms with Gasteiger partial charge in [0, 0.05) is 21.2 Å². The van der Waals surface area contributed by atoms with Gasteiger partial charge in [-0.25, -0.2) is 0 Å². The van der Waals surface area contributed by atoms with Crippen molar-refractivity contribution in [1.82, 2.24) is 0 Å². The SMILES string of the molecule is NC(c1cc(Cl)ccc1I)C1CCOC2(CCC2)C1. The highest BCUT2D eigenvalue weighted by molar-refractivity contribution is 14.1. The van der Waals surface area contributed by atoms with Crippen LogP contribution in [0.3, 0.4) is 0 Å². The molecule has 3 rings (SSSR count). The smallest absolute Gasteiger partial charge is 0.0686 e. The van der Waals surface area contributed by atoms with Crippen molar-refractivity contribution in [3.8, 4) is 0 Å². The van der Waals surface area contributed by atoms with Gasteiger partial charge in [-0.15, -0.1) is 0 Å². The monoisotopic (exact) mass is 391 g/mol. The summed E-state index contributed by atoms with van der Waals surface area (Å²) in [5.41, 5.74) is 7.87. The van der Waals surface area contributed by atoms with E-state index in [9.17, 15) is 0 Å². The Kier molecular flexibility index (Phi) is 4.09. The van der Waals surface area contributed by atoms with Crippen molar-refractivity contribution in [2.75, 3.05) is 6.61 Å². The minimum Gasteiger partial charge on any atom is -0.375 e. The maximum absolute atomic E-state index is 6.52. The third-order valence-corrected chi connectivity index (χ3v) is 5.84. The second-order valence-corrected chi connectivity index (χ2v) is 7.43. The molecule has 1 heterocycles. The van der Waals surface area contributed by atoms with Crippen LogP contribution in [0.5, 0.6) is 0 Å². The molecule has 2 atom stereocenters. The van der Waals surface area contributed by atoms with Gasteiger partial charge < -0.3 is 10.5 Å². The molecule has 2 unspecified atom stereocenters. The lowest BCUT2D eigenvalue weighted by Crippen LogP contribution is -2.47. The van der Waals surface area contributed by atoms with Crippen LogP contribution in [0.4, 0.5) is 0 Å². The minimum absolute atomic E-state index is 0.0759. The van der Waals surface area contributed by atoms with E-state index in [-0.39, 0.29) is 11.6 Å². The van der Waals surface area contributed by atoms with Gasteiger partial charge >= 0.3 is 0 Å². The normalized spacial score (nSPS) is 27.0. The van der Waals surface area contributed by atoms with E-state index in [1.165, 1.54) is 28.4 Å². The fourth-order valence-electron chi connectivity index (χ4n) is 3.32. The van der Waals surface area contributed by atoms with E-state index in [4.69, 9.17) is 22.1 Å². The molecule has 2 nitrogen and oxygen atoms in total. The lowest BCUT2D eigenvalue weighted by molar-refractivity contribution is -0.146. The van der Waals surface area contributed by atoms with Gasteiger partial charge in [-0.3, -0.25) is 0 Å². The van der Waals surface area contributed by atoms with Crippen molar-refractivity contribution in [2.45, 2.75) is 43.7 Å². The molecule has 19 heavy (non-hydrogen) atoms. The number of ether oxygens (including phenoxy) is 1. The van der Waals surface area contributed by atoms with Gasteiger partial charge in [0.25, 0.3) is 0 Å². The van der Waals surface area contributed by atoms with E-state index in [1.807, 2.05) is 12.1 Å². The van der Waals surface area contributed by atoms with Crippen LogP contribution in [0.1, 0.15) is 43.7 Å². The molecule has 1 saturated heterocycles. The molecule has 1 aromatic carbocycles. The first-order valence-electron chi connectivity index (χ1n) is 6.94. The lowest BCUT2D eigenvalue weighted by Gasteiger charge is -2.48. The molecule has 0 amide bonds. The highest BCUT2D eigenvalue weighted by Crippen LogP contribution is 2.47. The average Bonchev–Trinajstić information content (AvgIpc) is 2.39. The molecule has 1 aliphatic carbocycles. The predicted molar refractivity (Wildman–Crippen MR) is 86.4 cm³/mol.